The van der Waals surface area contributed by atoms with Crippen LogP contribution in [0.3, 0.4) is 0 Å². The van der Waals surface area contributed by atoms with Crippen LogP contribution in [0.5, 0.6) is 0 Å². The van der Waals surface area contributed by atoms with Crippen molar-refractivity contribution >= 4 is 11.6 Å². The average molecular weight is 404 g/mol. The number of benzene rings is 1. The zero-order valence-electron chi connectivity index (χ0n) is 16.8. The Hall–Kier alpha value is -1.53. The van der Waals surface area contributed by atoms with Crippen LogP contribution in [-0.4, -0.2) is 38.9 Å². The molecule has 1 heterocycles. The lowest BCUT2D eigenvalue weighted by atomic mass is 9.88. The van der Waals surface area contributed by atoms with E-state index in [4.69, 9.17) is 16.6 Å². The summed E-state index contributed by atoms with van der Waals surface area (Å²) in [4.78, 5) is 9.15. The van der Waals surface area contributed by atoms with E-state index in [1.54, 1.807) is 6.20 Å². The molecule has 0 unspecified atom stereocenters. The minimum absolute atomic E-state index is 0.0344. The van der Waals surface area contributed by atoms with Gasteiger partial charge < -0.3 is 15.5 Å². The number of hydrogen-bond acceptors (Lipinski definition) is 5. The molecule has 0 bridgehead atoms. The van der Waals surface area contributed by atoms with Gasteiger partial charge in [-0.25, -0.2) is 9.97 Å². The van der Waals surface area contributed by atoms with Gasteiger partial charge in [0.2, 0.25) is 0 Å². The van der Waals surface area contributed by atoms with Crippen LogP contribution in [-0.2, 0) is 18.4 Å². The standard InChI is InChI=1S/C22H30ClN3O2/c1-22(2,3)21-24-9-8-15(26-21)10-16-17(13-27)20(28)11-19(16)25-12-14-6-4-5-7-18(14)23/h4-9,16-17,19-20,25,27-28H,10-13H2,1-3H3/t16-,17-,19-,20-/m1/s1. The molecule has 0 saturated heterocycles. The van der Waals surface area contributed by atoms with E-state index in [-0.39, 0.29) is 29.9 Å². The zero-order chi connectivity index (χ0) is 20.3. The van der Waals surface area contributed by atoms with Crippen LogP contribution in [0.25, 0.3) is 0 Å². The molecule has 1 aliphatic carbocycles. The molecular formula is C22H30ClN3O2. The fourth-order valence-corrected chi connectivity index (χ4v) is 4.18. The normalized spacial score (nSPS) is 25.2. The maximum atomic E-state index is 10.5. The Kier molecular flexibility index (Phi) is 6.71. The number of hydrogen-bond donors (Lipinski definition) is 3. The van der Waals surface area contributed by atoms with Gasteiger partial charge in [-0.2, -0.15) is 0 Å². The summed E-state index contributed by atoms with van der Waals surface area (Å²) >= 11 is 6.27. The van der Waals surface area contributed by atoms with Crippen molar-refractivity contribution in [3.05, 3.63) is 58.6 Å². The lowest BCUT2D eigenvalue weighted by molar-refractivity contribution is 0.0715. The van der Waals surface area contributed by atoms with Gasteiger partial charge in [-0.1, -0.05) is 50.6 Å². The SMILES string of the molecule is CC(C)(C)c1nccc(C[C@@H]2[C@@H](CO)[C@H](O)C[C@H]2NCc2ccccc2Cl)n1. The molecule has 1 fully saturated rings. The third kappa shape index (κ3) is 4.90. The van der Waals surface area contributed by atoms with Crippen molar-refractivity contribution in [2.75, 3.05) is 6.61 Å². The summed E-state index contributed by atoms with van der Waals surface area (Å²) in [6, 6.07) is 9.77. The molecule has 1 aliphatic rings. The van der Waals surface area contributed by atoms with E-state index < -0.39 is 6.10 Å². The molecule has 4 atom stereocenters. The van der Waals surface area contributed by atoms with Crippen molar-refractivity contribution in [2.45, 2.75) is 57.7 Å². The maximum Gasteiger partial charge on any atom is 0.133 e. The molecule has 0 amide bonds. The van der Waals surface area contributed by atoms with Gasteiger partial charge >= 0.3 is 0 Å². The molecule has 0 radical (unpaired) electrons. The smallest absolute Gasteiger partial charge is 0.133 e. The Balaban J connectivity index is 1.76. The van der Waals surface area contributed by atoms with Crippen LogP contribution in [0.4, 0.5) is 0 Å². The second-order valence-corrected chi connectivity index (χ2v) is 9.13. The first-order valence-electron chi connectivity index (χ1n) is 9.87. The molecule has 1 saturated carbocycles. The third-order valence-electron chi connectivity index (χ3n) is 5.61. The van der Waals surface area contributed by atoms with Gasteiger partial charge in [0.15, 0.2) is 0 Å². The Morgan fingerprint density at radius 1 is 1.18 bits per heavy atom. The van der Waals surface area contributed by atoms with Crippen molar-refractivity contribution in [3.63, 3.8) is 0 Å². The van der Waals surface area contributed by atoms with Gasteiger partial charge in [0.25, 0.3) is 0 Å². The van der Waals surface area contributed by atoms with Gasteiger partial charge in [0.1, 0.15) is 5.82 Å². The predicted octanol–water partition coefficient (Wildman–Crippen LogP) is 3.12. The Morgan fingerprint density at radius 3 is 2.61 bits per heavy atom. The predicted molar refractivity (Wildman–Crippen MR) is 111 cm³/mol. The van der Waals surface area contributed by atoms with Crippen molar-refractivity contribution in [2.24, 2.45) is 11.8 Å². The summed E-state index contributed by atoms with van der Waals surface area (Å²) in [6.45, 7) is 6.87. The molecule has 2 aromatic rings. The molecule has 3 N–H and O–H groups in total. The number of halogens is 1. The third-order valence-corrected chi connectivity index (χ3v) is 5.98. The van der Waals surface area contributed by atoms with Gasteiger partial charge in [0.05, 0.1) is 6.10 Å². The van der Waals surface area contributed by atoms with Crippen LogP contribution < -0.4 is 5.32 Å². The fraction of sp³-hybridized carbons (Fsp3) is 0.545. The van der Waals surface area contributed by atoms with Gasteiger partial charge in [0, 0.05) is 47.4 Å². The monoisotopic (exact) mass is 403 g/mol. The van der Waals surface area contributed by atoms with E-state index in [1.807, 2.05) is 30.3 Å². The highest BCUT2D eigenvalue weighted by Gasteiger charge is 2.42. The highest BCUT2D eigenvalue weighted by atomic mass is 35.5. The largest absolute Gasteiger partial charge is 0.396 e. The molecule has 3 rings (SSSR count). The van der Waals surface area contributed by atoms with Gasteiger partial charge in [-0.05, 0) is 36.5 Å². The van der Waals surface area contributed by atoms with Crippen LogP contribution in [0.1, 0.15) is 44.3 Å². The fourth-order valence-electron chi connectivity index (χ4n) is 3.97. The van der Waals surface area contributed by atoms with Gasteiger partial charge in [-0.3, -0.25) is 0 Å². The maximum absolute atomic E-state index is 10.5. The summed E-state index contributed by atoms with van der Waals surface area (Å²) in [6.07, 6.45) is 2.57. The van der Waals surface area contributed by atoms with E-state index in [0.29, 0.717) is 19.4 Å². The minimum Gasteiger partial charge on any atom is -0.396 e. The minimum atomic E-state index is -0.525. The summed E-state index contributed by atoms with van der Waals surface area (Å²) in [7, 11) is 0. The Bertz CT molecular complexity index is 793. The van der Waals surface area contributed by atoms with Crippen LogP contribution in [0, 0.1) is 11.8 Å². The summed E-state index contributed by atoms with van der Waals surface area (Å²) in [5, 5.41) is 24.6. The number of nitrogens with one attached hydrogen (secondary N) is 1. The van der Waals surface area contributed by atoms with Crippen molar-refractivity contribution in [1.29, 1.82) is 0 Å². The lowest BCUT2D eigenvalue weighted by Crippen LogP contribution is -2.36. The molecular weight excluding hydrogens is 374 g/mol. The van der Waals surface area contributed by atoms with Crippen molar-refractivity contribution < 1.29 is 10.2 Å². The first kappa shape index (κ1) is 21.2. The zero-order valence-corrected chi connectivity index (χ0v) is 17.5. The van der Waals surface area contributed by atoms with E-state index in [9.17, 15) is 10.2 Å². The number of rotatable bonds is 6. The first-order chi connectivity index (χ1) is 13.3. The topological polar surface area (TPSA) is 78.3 Å². The molecule has 0 aliphatic heterocycles. The number of aromatic nitrogens is 2. The molecule has 6 heteroatoms. The Morgan fingerprint density at radius 2 is 1.93 bits per heavy atom. The lowest BCUT2D eigenvalue weighted by Gasteiger charge is -2.25. The summed E-state index contributed by atoms with van der Waals surface area (Å²) in [5.74, 6) is 0.728. The highest BCUT2D eigenvalue weighted by molar-refractivity contribution is 6.31. The Labute approximate surface area is 172 Å². The molecule has 1 aromatic heterocycles. The van der Waals surface area contributed by atoms with E-state index in [1.165, 1.54) is 0 Å². The molecule has 5 nitrogen and oxygen atoms in total. The van der Waals surface area contributed by atoms with Gasteiger partial charge in [-0.15, -0.1) is 0 Å². The van der Waals surface area contributed by atoms with Crippen LogP contribution >= 0.6 is 11.6 Å². The number of aliphatic hydroxyl groups is 2. The van der Waals surface area contributed by atoms with Crippen LogP contribution in [0.15, 0.2) is 36.5 Å². The van der Waals surface area contributed by atoms with E-state index in [0.717, 1.165) is 22.1 Å². The molecule has 152 valence electrons. The van der Waals surface area contributed by atoms with Crippen molar-refractivity contribution in [1.82, 2.24) is 15.3 Å². The van der Waals surface area contributed by atoms with E-state index in [2.05, 4.69) is 31.1 Å². The average Bonchev–Trinajstić information content (AvgIpc) is 2.95. The van der Waals surface area contributed by atoms with E-state index >= 15 is 0 Å². The number of aliphatic hydroxyl groups excluding tert-OH is 2. The first-order valence-corrected chi connectivity index (χ1v) is 10.3. The highest BCUT2D eigenvalue weighted by Crippen LogP contribution is 2.35. The molecule has 1 aromatic carbocycles. The number of nitrogens with zero attached hydrogens (tertiary/aromatic N) is 2. The second kappa shape index (κ2) is 8.87. The second-order valence-electron chi connectivity index (χ2n) is 8.72. The van der Waals surface area contributed by atoms with Crippen molar-refractivity contribution in [3.8, 4) is 0 Å². The summed E-state index contributed by atoms with van der Waals surface area (Å²) < 4.78 is 0. The quantitative estimate of drug-likeness (QED) is 0.690. The molecule has 0 spiro atoms. The molecule has 28 heavy (non-hydrogen) atoms. The van der Waals surface area contributed by atoms with Crippen LogP contribution in [0.2, 0.25) is 5.02 Å². The summed E-state index contributed by atoms with van der Waals surface area (Å²) in [5.41, 5.74) is 1.85.